The van der Waals surface area contributed by atoms with E-state index in [2.05, 4.69) is 28.9 Å². The van der Waals surface area contributed by atoms with E-state index in [1.165, 1.54) is 29.2 Å². The molecule has 7 nitrogen and oxygen atoms in total. The summed E-state index contributed by atoms with van der Waals surface area (Å²) in [6.45, 7) is 2.68. The van der Waals surface area contributed by atoms with Gasteiger partial charge in [0.2, 0.25) is 0 Å². The first-order valence-electron chi connectivity index (χ1n) is 14.3. The second-order valence-electron chi connectivity index (χ2n) is 11.2. The minimum atomic E-state index is -0.625. The highest BCUT2D eigenvalue weighted by molar-refractivity contribution is 5.97. The topological polar surface area (TPSA) is 82.5 Å². The highest BCUT2D eigenvalue weighted by atomic mass is 19.1. The molecule has 0 radical (unpaired) electrons. The van der Waals surface area contributed by atoms with Crippen molar-refractivity contribution in [2.45, 2.75) is 57.0 Å². The summed E-state index contributed by atoms with van der Waals surface area (Å²) in [5.41, 5.74) is 4.10. The highest BCUT2D eigenvalue weighted by Crippen LogP contribution is 2.47. The maximum atomic E-state index is 14.3. The predicted octanol–water partition coefficient (Wildman–Crippen LogP) is 6.82. The number of hydrogen-bond acceptors (Lipinski definition) is 4. The first-order chi connectivity index (χ1) is 19.7. The van der Waals surface area contributed by atoms with E-state index < -0.39 is 10.5 Å². The van der Waals surface area contributed by atoms with Crippen molar-refractivity contribution >= 4 is 16.8 Å². The molecule has 1 aromatic heterocycles. The second kappa shape index (κ2) is 11.8. The Bertz CT molecular complexity index is 1550. The number of nitro groups is 1. The molecule has 41 heavy (non-hydrogen) atoms. The number of H-pyrrole nitrogens is 1. The number of benzene rings is 2. The van der Waals surface area contributed by atoms with Gasteiger partial charge in [-0.3, -0.25) is 14.9 Å². The monoisotopic (exact) mass is 556 g/mol. The summed E-state index contributed by atoms with van der Waals surface area (Å²) in [6.07, 6.45) is 10.3. The molecule has 2 unspecified atom stereocenters. The Morgan fingerprint density at radius 3 is 2.68 bits per heavy atom. The lowest BCUT2D eigenvalue weighted by atomic mass is 9.76. The van der Waals surface area contributed by atoms with Crippen molar-refractivity contribution in [1.82, 2.24) is 14.8 Å². The zero-order chi connectivity index (χ0) is 29.1. The number of para-hydroxylation sites is 1. The Morgan fingerprint density at radius 1 is 1.15 bits per heavy atom. The standard InChI is InChI=1S/C33H37FN4O3/c1-4-19-33(20-17-30(36(2)3)24-10-7-11-25(34)22-24)31-28(27-13-5-6-14-29(27)35-31)18-21-37(33)32(39)23-9-8-12-26(16-15-23)38(40)41/h5-7,9-16,22,30,35H,4,8,17-21H2,1-3H3. The van der Waals surface area contributed by atoms with Gasteiger partial charge in [0.1, 0.15) is 5.82 Å². The molecule has 0 fully saturated rings. The number of nitrogens with zero attached hydrogens (tertiary/aromatic N) is 3. The molecule has 2 heterocycles. The summed E-state index contributed by atoms with van der Waals surface area (Å²) in [5, 5.41) is 12.6. The van der Waals surface area contributed by atoms with Crippen LogP contribution in [0.25, 0.3) is 10.9 Å². The predicted molar refractivity (Wildman–Crippen MR) is 159 cm³/mol. The number of allylic oxidation sites excluding steroid dienone is 3. The molecule has 0 saturated carbocycles. The summed E-state index contributed by atoms with van der Waals surface area (Å²) in [6, 6.07) is 15.0. The lowest BCUT2D eigenvalue weighted by molar-refractivity contribution is -0.419. The zero-order valence-electron chi connectivity index (χ0n) is 23.9. The molecule has 2 aromatic carbocycles. The fraction of sp³-hybridized carbons (Fsp3) is 0.364. The molecule has 8 heteroatoms. The number of rotatable bonds is 9. The van der Waals surface area contributed by atoms with Crippen LogP contribution in [0.2, 0.25) is 0 Å². The van der Waals surface area contributed by atoms with Crippen molar-refractivity contribution < 1.29 is 14.1 Å². The Kier molecular flexibility index (Phi) is 8.22. The fourth-order valence-corrected chi connectivity index (χ4v) is 6.66. The Morgan fingerprint density at radius 2 is 1.95 bits per heavy atom. The van der Waals surface area contributed by atoms with Crippen molar-refractivity contribution in [2.24, 2.45) is 0 Å². The van der Waals surface area contributed by atoms with Crippen LogP contribution in [0, 0.1) is 15.9 Å². The summed E-state index contributed by atoms with van der Waals surface area (Å²) < 4.78 is 14.2. The SMILES string of the molecule is CCCC1(CCC(c2cccc(F)c2)N(C)C)c2[nH]c3ccccc3c2CCN1C(=O)C1=CCC=C([N+](=O)[O-])C=C1. The van der Waals surface area contributed by atoms with E-state index in [9.17, 15) is 19.3 Å². The number of amides is 1. The molecule has 2 atom stereocenters. The summed E-state index contributed by atoms with van der Waals surface area (Å²) >= 11 is 0. The van der Waals surface area contributed by atoms with Crippen LogP contribution in [0.4, 0.5) is 4.39 Å². The third kappa shape index (κ3) is 5.48. The number of halogens is 1. The first-order valence-corrected chi connectivity index (χ1v) is 14.3. The normalized spacial score (nSPS) is 19.5. The van der Waals surface area contributed by atoms with Crippen LogP contribution in [0.15, 0.2) is 84.1 Å². The van der Waals surface area contributed by atoms with Gasteiger partial charge in [0, 0.05) is 40.8 Å². The molecule has 1 amide bonds. The van der Waals surface area contributed by atoms with Crippen molar-refractivity contribution in [1.29, 1.82) is 0 Å². The fourth-order valence-electron chi connectivity index (χ4n) is 6.66. The van der Waals surface area contributed by atoms with Crippen molar-refractivity contribution in [3.05, 3.63) is 117 Å². The third-order valence-electron chi connectivity index (χ3n) is 8.53. The molecule has 0 saturated heterocycles. The molecule has 214 valence electrons. The highest BCUT2D eigenvalue weighted by Gasteiger charge is 2.46. The maximum Gasteiger partial charge on any atom is 0.265 e. The Hall–Kier alpha value is -4.04. The number of carbonyl (C=O) groups is 1. The number of nitrogens with one attached hydrogen (secondary N) is 1. The molecule has 1 N–H and O–H groups in total. The van der Waals surface area contributed by atoms with Crippen LogP contribution in [0.3, 0.4) is 0 Å². The van der Waals surface area contributed by atoms with E-state index in [4.69, 9.17) is 0 Å². The van der Waals surface area contributed by atoms with Gasteiger partial charge in [-0.2, -0.15) is 0 Å². The summed E-state index contributed by atoms with van der Waals surface area (Å²) in [5.74, 6) is -0.385. The van der Waals surface area contributed by atoms with E-state index in [-0.39, 0.29) is 23.5 Å². The molecule has 3 aromatic rings. The average Bonchev–Trinajstić information content (AvgIpc) is 3.15. The van der Waals surface area contributed by atoms with Crippen LogP contribution in [0.5, 0.6) is 0 Å². The van der Waals surface area contributed by atoms with Crippen LogP contribution in [-0.4, -0.2) is 46.3 Å². The lowest BCUT2D eigenvalue weighted by Gasteiger charge is -2.48. The molecule has 1 aliphatic carbocycles. The molecule has 1 aliphatic heterocycles. The molecule has 0 spiro atoms. The van der Waals surface area contributed by atoms with Gasteiger partial charge >= 0.3 is 0 Å². The first kappa shape index (κ1) is 28.5. The summed E-state index contributed by atoms with van der Waals surface area (Å²) in [7, 11) is 4.00. The smallest absolute Gasteiger partial charge is 0.265 e. The minimum absolute atomic E-state index is 0.00987. The third-order valence-corrected chi connectivity index (χ3v) is 8.53. The molecule has 0 bridgehead atoms. The Labute approximate surface area is 240 Å². The molecule has 2 aliphatic rings. The van der Waals surface area contributed by atoms with Crippen molar-refractivity contribution in [3.63, 3.8) is 0 Å². The van der Waals surface area contributed by atoms with Crippen LogP contribution in [-0.2, 0) is 16.8 Å². The van der Waals surface area contributed by atoms with Gasteiger partial charge in [-0.15, -0.1) is 0 Å². The van der Waals surface area contributed by atoms with Gasteiger partial charge in [-0.1, -0.05) is 49.8 Å². The van der Waals surface area contributed by atoms with Crippen molar-refractivity contribution in [3.8, 4) is 0 Å². The maximum absolute atomic E-state index is 14.3. The zero-order valence-corrected chi connectivity index (χ0v) is 23.9. The van der Waals surface area contributed by atoms with E-state index >= 15 is 0 Å². The van der Waals surface area contributed by atoms with E-state index in [0.29, 0.717) is 37.8 Å². The van der Waals surface area contributed by atoms with Gasteiger partial charge in [0.05, 0.1) is 10.5 Å². The van der Waals surface area contributed by atoms with Crippen LogP contribution in [0.1, 0.15) is 61.9 Å². The van der Waals surface area contributed by atoms with E-state index in [1.807, 2.05) is 37.2 Å². The number of fused-ring (bicyclic) bond motifs is 3. The van der Waals surface area contributed by atoms with Gasteiger partial charge in [-0.25, -0.2) is 4.39 Å². The van der Waals surface area contributed by atoms with Gasteiger partial charge in [0.25, 0.3) is 11.6 Å². The van der Waals surface area contributed by atoms with Crippen molar-refractivity contribution in [2.75, 3.05) is 20.6 Å². The van der Waals surface area contributed by atoms with Gasteiger partial charge in [0.15, 0.2) is 0 Å². The second-order valence-corrected chi connectivity index (χ2v) is 11.2. The van der Waals surface area contributed by atoms with Crippen LogP contribution < -0.4 is 0 Å². The number of carbonyl (C=O) groups excluding carboxylic acids is 1. The van der Waals surface area contributed by atoms with E-state index in [1.54, 1.807) is 24.3 Å². The Balaban J connectivity index is 1.59. The lowest BCUT2D eigenvalue weighted by Crippen LogP contribution is -2.54. The summed E-state index contributed by atoms with van der Waals surface area (Å²) in [4.78, 5) is 33.1. The molecular formula is C33H37FN4O3. The molecular weight excluding hydrogens is 519 g/mol. The largest absolute Gasteiger partial charge is 0.356 e. The average molecular weight is 557 g/mol. The number of hydrogen-bond donors (Lipinski definition) is 1. The van der Waals surface area contributed by atoms with Gasteiger partial charge in [-0.05, 0) is 87.7 Å². The molecule has 5 rings (SSSR count). The van der Waals surface area contributed by atoms with E-state index in [0.717, 1.165) is 29.6 Å². The number of aromatic amines is 1. The quantitative estimate of drug-likeness (QED) is 0.232. The van der Waals surface area contributed by atoms with Gasteiger partial charge < -0.3 is 14.8 Å². The minimum Gasteiger partial charge on any atom is -0.356 e. The number of aromatic nitrogens is 1. The van der Waals surface area contributed by atoms with Crippen LogP contribution >= 0.6 is 0 Å².